The molecular formula is C20H23N3O3S. The van der Waals surface area contributed by atoms with Crippen molar-refractivity contribution in [1.29, 1.82) is 5.26 Å². The monoisotopic (exact) mass is 385 g/mol. The van der Waals surface area contributed by atoms with Gasteiger partial charge in [0.15, 0.2) is 9.84 Å². The Balaban J connectivity index is 2.32. The number of amides is 1. The average molecular weight is 385 g/mol. The van der Waals surface area contributed by atoms with Crippen molar-refractivity contribution in [3.8, 4) is 6.07 Å². The number of carbonyl (C=O) groups excluding carboxylic acids is 1. The van der Waals surface area contributed by atoms with E-state index in [2.05, 4.69) is 6.07 Å². The van der Waals surface area contributed by atoms with Crippen LogP contribution in [0, 0.1) is 11.3 Å². The molecule has 7 heteroatoms. The Hall–Kier alpha value is -2.69. The summed E-state index contributed by atoms with van der Waals surface area (Å²) in [5.74, 6) is -0.246. The van der Waals surface area contributed by atoms with Crippen molar-refractivity contribution in [2.75, 3.05) is 33.4 Å². The third-order valence-electron chi connectivity index (χ3n) is 4.04. The molecule has 0 unspecified atom stereocenters. The van der Waals surface area contributed by atoms with Crippen LogP contribution < -0.4 is 0 Å². The molecule has 0 saturated heterocycles. The fourth-order valence-electron chi connectivity index (χ4n) is 2.58. The zero-order valence-corrected chi connectivity index (χ0v) is 16.5. The summed E-state index contributed by atoms with van der Waals surface area (Å²) in [6.45, 7) is 1.48. The van der Waals surface area contributed by atoms with Crippen LogP contribution in [0.3, 0.4) is 0 Å². The SMILES string of the molecule is CN(C)CCN(Cc1cccc(C#N)c1)C(=O)c1cccc(S(C)(=O)=O)c1. The van der Waals surface area contributed by atoms with E-state index in [-0.39, 0.29) is 10.8 Å². The van der Waals surface area contributed by atoms with Gasteiger partial charge in [-0.2, -0.15) is 5.26 Å². The maximum atomic E-state index is 13.0. The van der Waals surface area contributed by atoms with Crippen molar-refractivity contribution in [2.45, 2.75) is 11.4 Å². The molecule has 2 rings (SSSR count). The van der Waals surface area contributed by atoms with Crippen LogP contribution in [-0.2, 0) is 16.4 Å². The maximum Gasteiger partial charge on any atom is 0.254 e. The third kappa shape index (κ3) is 5.91. The first-order chi connectivity index (χ1) is 12.7. The number of hydrogen-bond donors (Lipinski definition) is 0. The first-order valence-electron chi connectivity index (χ1n) is 8.44. The quantitative estimate of drug-likeness (QED) is 0.730. The van der Waals surface area contributed by atoms with Gasteiger partial charge in [-0.15, -0.1) is 0 Å². The normalized spacial score (nSPS) is 11.2. The number of nitrogens with zero attached hydrogens (tertiary/aromatic N) is 3. The molecule has 0 spiro atoms. The van der Waals surface area contributed by atoms with Gasteiger partial charge >= 0.3 is 0 Å². The Morgan fingerprint density at radius 3 is 2.41 bits per heavy atom. The molecule has 0 atom stereocenters. The van der Waals surface area contributed by atoms with E-state index in [1.54, 1.807) is 35.2 Å². The van der Waals surface area contributed by atoms with E-state index >= 15 is 0 Å². The summed E-state index contributed by atoms with van der Waals surface area (Å²) in [5.41, 5.74) is 1.71. The zero-order chi connectivity index (χ0) is 20.0. The number of hydrogen-bond acceptors (Lipinski definition) is 5. The highest BCUT2D eigenvalue weighted by Crippen LogP contribution is 2.16. The number of sulfone groups is 1. The zero-order valence-electron chi connectivity index (χ0n) is 15.7. The van der Waals surface area contributed by atoms with Crippen molar-refractivity contribution < 1.29 is 13.2 Å². The minimum absolute atomic E-state index is 0.118. The second kappa shape index (κ2) is 8.80. The fourth-order valence-corrected chi connectivity index (χ4v) is 3.24. The summed E-state index contributed by atoms with van der Waals surface area (Å²) >= 11 is 0. The highest BCUT2D eigenvalue weighted by atomic mass is 32.2. The maximum absolute atomic E-state index is 13.0. The second-order valence-electron chi connectivity index (χ2n) is 6.64. The van der Waals surface area contributed by atoms with Crippen LogP contribution in [0.5, 0.6) is 0 Å². The number of rotatable bonds is 7. The predicted molar refractivity (Wildman–Crippen MR) is 104 cm³/mol. The standard InChI is InChI=1S/C20H23N3O3S/c1-22(2)10-11-23(15-17-7-4-6-16(12-17)14-21)20(24)18-8-5-9-19(13-18)27(3,25)26/h4-9,12-13H,10-11,15H2,1-3H3. The lowest BCUT2D eigenvalue weighted by Crippen LogP contribution is -2.36. The van der Waals surface area contributed by atoms with Crippen molar-refractivity contribution in [3.05, 3.63) is 65.2 Å². The predicted octanol–water partition coefficient (Wildman–Crippen LogP) is 2.17. The van der Waals surface area contributed by atoms with Crippen molar-refractivity contribution in [2.24, 2.45) is 0 Å². The number of likely N-dealkylation sites (N-methyl/N-ethyl adjacent to an activating group) is 1. The highest BCUT2D eigenvalue weighted by Gasteiger charge is 2.18. The van der Waals surface area contributed by atoms with Crippen LogP contribution in [-0.4, -0.2) is 57.6 Å². The summed E-state index contributed by atoms with van der Waals surface area (Å²) in [6.07, 6.45) is 1.12. The fraction of sp³-hybridized carbons (Fsp3) is 0.300. The van der Waals surface area contributed by atoms with Crippen molar-refractivity contribution in [1.82, 2.24) is 9.80 Å². The second-order valence-corrected chi connectivity index (χ2v) is 8.66. The van der Waals surface area contributed by atoms with E-state index in [9.17, 15) is 13.2 Å². The first-order valence-corrected chi connectivity index (χ1v) is 10.3. The van der Waals surface area contributed by atoms with Gasteiger partial charge in [-0.05, 0) is 50.0 Å². The Morgan fingerprint density at radius 2 is 1.78 bits per heavy atom. The molecule has 0 N–H and O–H groups in total. The molecule has 0 fully saturated rings. The Kier molecular flexibility index (Phi) is 6.72. The molecule has 2 aromatic rings. The van der Waals surface area contributed by atoms with Crippen molar-refractivity contribution in [3.63, 3.8) is 0 Å². The van der Waals surface area contributed by atoms with E-state index in [1.807, 2.05) is 25.1 Å². The molecule has 0 saturated carbocycles. The van der Waals surface area contributed by atoms with E-state index in [0.29, 0.717) is 30.8 Å². The summed E-state index contributed by atoms with van der Waals surface area (Å²) in [7, 11) is 0.447. The molecule has 27 heavy (non-hydrogen) atoms. The molecule has 6 nitrogen and oxygen atoms in total. The minimum Gasteiger partial charge on any atom is -0.333 e. The smallest absolute Gasteiger partial charge is 0.254 e. The molecule has 0 aliphatic rings. The Bertz CT molecular complexity index is 962. The lowest BCUT2D eigenvalue weighted by Gasteiger charge is -2.25. The largest absolute Gasteiger partial charge is 0.333 e. The van der Waals surface area contributed by atoms with Gasteiger partial charge in [-0.1, -0.05) is 18.2 Å². The number of nitriles is 1. The van der Waals surface area contributed by atoms with E-state index < -0.39 is 9.84 Å². The van der Waals surface area contributed by atoms with Crippen LogP contribution in [0.15, 0.2) is 53.4 Å². The van der Waals surface area contributed by atoms with E-state index in [1.165, 1.54) is 12.1 Å². The van der Waals surface area contributed by atoms with Crippen LogP contribution in [0.1, 0.15) is 21.5 Å². The molecule has 142 valence electrons. The molecule has 0 radical (unpaired) electrons. The molecule has 0 heterocycles. The number of benzene rings is 2. The van der Waals surface area contributed by atoms with Gasteiger partial charge in [0.05, 0.1) is 16.5 Å². The highest BCUT2D eigenvalue weighted by molar-refractivity contribution is 7.90. The van der Waals surface area contributed by atoms with E-state index in [4.69, 9.17) is 5.26 Å². The Morgan fingerprint density at radius 1 is 1.07 bits per heavy atom. The van der Waals surface area contributed by atoms with Gasteiger partial charge in [0.2, 0.25) is 0 Å². The van der Waals surface area contributed by atoms with E-state index in [0.717, 1.165) is 11.8 Å². The molecule has 0 aliphatic heterocycles. The minimum atomic E-state index is -3.39. The van der Waals surface area contributed by atoms with Crippen LogP contribution in [0.4, 0.5) is 0 Å². The molecule has 2 aromatic carbocycles. The van der Waals surface area contributed by atoms with Crippen molar-refractivity contribution >= 4 is 15.7 Å². The van der Waals surface area contributed by atoms with Gasteiger partial charge in [-0.3, -0.25) is 4.79 Å². The van der Waals surface area contributed by atoms with Crippen LogP contribution in [0.2, 0.25) is 0 Å². The lowest BCUT2D eigenvalue weighted by atomic mass is 10.1. The van der Waals surface area contributed by atoms with Gasteiger partial charge in [-0.25, -0.2) is 8.42 Å². The van der Waals surface area contributed by atoms with Gasteiger partial charge in [0.1, 0.15) is 0 Å². The molecular weight excluding hydrogens is 362 g/mol. The summed E-state index contributed by atoms with van der Waals surface area (Å²) in [5, 5.41) is 9.07. The molecule has 0 bridgehead atoms. The lowest BCUT2D eigenvalue weighted by molar-refractivity contribution is 0.0731. The Labute approximate surface area is 160 Å². The first kappa shape index (κ1) is 20.6. The molecule has 0 aliphatic carbocycles. The molecule has 1 amide bonds. The van der Waals surface area contributed by atoms with Crippen LogP contribution in [0.25, 0.3) is 0 Å². The topological polar surface area (TPSA) is 81.5 Å². The summed E-state index contributed by atoms with van der Waals surface area (Å²) in [6, 6.07) is 15.3. The third-order valence-corrected chi connectivity index (χ3v) is 5.15. The molecule has 0 aromatic heterocycles. The van der Waals surface area contributed by atoms with Gasteiger partial charge in [0, 0.05) is 31.5 Å². The summed E-state index contributed by atoms with van der Waals surface area (Å²) in [4.78, 5) is 16.8. The van der Waals surface area contributed by atoms with Gasteiger partial charge in [0.25, 0.3) is 5.91 Å². The number of carbonyl (C=O) groups is 1. The summed E-state index contributed by atoms with van der Waals surface area (Å²) < 4.78 is 23.6. The average Bonchev–Trinajstić information content (AvgIpc) is 2.64. The van der Waals surface area contributed by atoms with Gasteiger partial charge < -0.3 is 9.80 Å². The van der Waals surface area contributed by atoms with Crippen LogP contribution >= 0.6 is 0 Å².